The Morgan fingerprint density at radius 2 is 1.69 bits per heavy atom. The molecule has 4 rings (SSSR count). The molecule has 1 aliphatic heterocycles. The number of sulfonamides is 1. The third kappa shape index (κ3) is 3.01. The van der Waals surface area contributed by atoms with Crippen LogP contribution >= 0.6 is 0 Å². The molecule has 26 heavy (non-hydrogen) atoms. The summed E-state index contributed by atoms with van der Waals surface area (Å²) in [6.07, 6.45) is 7.22. The van der Waals surface area contributed by atoms with Gasteiger partial charge in [0, 0.05) is 18.5 Å². The molecule has 2 aliphatic rings. The normalized spacial score (nSPS) is 28.8. The Morgan fingerprint density at radius 3 is 2.38 bits per heavy atom. The number of hydrogen-bond donors (Lipinski definition) is 0. The number of allylic oxidation sites excluding steroid dienone is 1. The molecule has 0 aromatic heterocycles. The summed E-state index contributed by atoms with van der Waals surface area (Å²) in [5, 5.41) is 0. The van der Waals surface area contributed by atoms with Gasteiger partial charge in [0.25, 0.3) is 0 Å². The summed E-state index contributed by atoms with van der Waals surface area (Å²) in [4.78, 5) is 0.400. The fraction of sp³-hybridized carbons (Fsp3) is 0.364. The summed E-state index contributed by atoms with van der Waals surface area (Å²) in [7, 11) is -3.47. The van der Waals surface area contributed by atoms with Crippen LogP contribution in [0.1, 0.15) is 25.3 Å². The molecule has 1 saturated heterocycles. The second kappa shape index (κ2) is 6.67. The molecule has 0 unspecified atom stereocenters. The molecular weight excluding hydrogens is 342 g/mol. The predicted molar refractivity (Wildman–Crippen MR) is 104 cm³/mol. The Labute approximate surface area is 156 Å². The molecule has 0 bridgehead atoms. The van der Waals surface area contributed by atoms with E-state index in [9.17, 15) is 8.42 Å². The number of hydrogen-bond acceptors (Lipinski definition) is 2. The van der Waals surface area contributed by atoms with Gasteiger partial charge in [-0.3, -0.25) is 0 Å². The van der Waals surface area contributed by atoms with E-state index >= 15 is 0 Å². The quantitative estimate of drug-likeness (QED) is 0.757. The summed E-state index contributed by atoms with van der Waals surface area (Å²) in [6.45, 7) is 2.81. The summed E-state index contributed by atoms with van der Waals surface area (Å²) in [5.41, 5.74) is 1.18. The van der Waals surface area contributed by atoms with E-state index in [-0.39, 0.29) is 17.4 Å². The molecule has 2 aromatic rings. The van der Waals surface area contributed by atoms with E-state index in [0.29, 0.717) is 11.4 Å². The monoisotopic (exact) mass is 367 g/mol. The minimum absolute atomic E-state index is 0.0546. The topological polar surface area (TPSA) is 37.4 Å². The van der Waals surface area contributed by atoms with E-state index < -0.39 is 10.0 Å². The first-order chi connectivity index (χ1) is 12.5. The van der Waals surface area contributed by atoms with Crippen LogP contribution in [0, 0.1) is 11.3 Å². The molecule has 4 heteroatoms. The average molecular weight is 368 g/mol. The highest BCUT2D eigenvalue weighted by atomic mass is 32.2. The van der Waals surface area contributed by atoms with Crippen LogP contribution < -0.4 is 0 Å². The molecule has 1 heterocycles. The van der Waals surface area contributed by atoms with Crippen molar-refractivity contribution in [2.45, 2.75) is 37.1 Å². The SMILES string of the molecule is C[C@@]1(Cc2ccccc2)CN(S(=O)(=O)c2ccccc2)[C@@H]2CCC=C[C@@H]21. The Morgan fingerprint density at radius 1 is 1.04 bits per heavy atom. The molecule has 0 amide bonds. The second-order valence-electron chi connectivity index (χ2n) is 7.78. The van der Waals surface area contributed by atoms with Crippen molar-refractivity contribution >= 4 is 10.0 Å². The van der Waals surface area contributed by atoms with Crippen LogP contribution in [0.15, 0.2) is 77.7 Å². The van der Waals surface area contributed by atoms with Crippen LogP contribution in [0.3, 0.4) is 0 Å². The third-order valence-corrected chi connectivity index (χ3v) is 7.76. The lowest BCUT2D eigenvalue weighted by atomic mass is 9.71. The Bertz CT molecular complexity index is 892. The van der Waals surface area contributed by atoms with Gasteiger partial charge >= 0.3 is 0 Å². The van der Waals surface area contributed by atoms with Gasteiger partial charge in [-0.2, -0.15) is 4.31 Å². The zero-order chi connectivity index (χ0) is 18.2. The standard InChI is InChI=1S/C22H25NO2S/c1-22(16-18-10-4-2-5-11-18)17-23(21-15-9-8-14-20(21)22)26(24,25)19-12-6-3-7-13-19/h2-8,10-14,20-21H,9,15-17H2,1H3/t20-,21+,22+/m0/s1. The lowest BCUT2D eigenvalue weighted by Gasteiger charge is -2.33. The van der Waals surface area contributed by atoms with Gasteiger partial charge in [0.05, 0.1) is 4.90 Å². The maximum absolute atomic E-state index is 13.3. The fourth-order valence-corrected chi connectivity index (χ4v) is 6.47. The summed E-state index contributed by atoms with van der Waals surface area (Å²) >= 11 is 0. The molecule has 0 radical (unpaired) electrons. The first-order valence-electron chi connectivity index (χ1n) is 9.28. The van der Waals surface area contributed by atoms with E-state index in [1.165, 1.54) is 5.56 Å². The first-order valence-corrected chi connectivity index (χ1v) is 10.7. The van der Waals surface area contributed by atoms with Gasteiger partial charge < -0.3 is 0 Å². The van der Waals surface area contributed by atoms with Crippen molar-refractivity contribution in [3.8, 4) is 0 Å². The van der Waals surface area contributed by atoms with E-state index in [1.54, 1.807) is 28.6 Å². The zero-order valence-electron chi connectivity index (χ0n) is 15.1. The third-order valence-electron chi connectivity index (χ3n) is 5.88. The van der Waals surface area contributed by atoms with Crippen LogP contribution in [0.25, 0.3) is 0 Å². The summed E-state index contributed by atoms with van der Waals surface area (Å²) in [6, 6.07) is 19.3. The number of nitrogens with zero attached hydrogens (tertiary/aromatic N) is 1. The molecule has 3 nitrogen and oxygen atoms in total. The van der Waals surface area contributed by atoms with Gasteiger partial charge in [-0.15, -0.1) is 0 Å². The Balaban J connectivity index is 1.71. The van der Waals surface area contributed by atoms with E-state index in [2.05, 4.69) is 43.3 Å². The largest absolute Gasteiger partial charge is 0.243 e. The molecule has 1 fully saturated rings. The smallest absolute Gasteiger partial charge is 0.207 e. The molecule has 0 spiro atoms. The van der Waals surface area contributed by atoms with E-state index in [0.717, 1.165) is 19.3 Å². The van der Waals surface area contributed by atoms with Gasteiger partial charge in [0.1, 0.15) is 0 Å². The molecule has 0 saturated carbocycles. The number of rotatable bonds is 4. The molecule has 2 aromatic carbocycles. The maximum Gasteiger partial charge on any atom is 0.243 e. The number of benzene rings is 2. The van der Waals surface area contributed by atoms with Crippen LogP contribution in [-0.4, -0.2) is 25.3 Å². The van der Waals surface area contributed by atoms with Crippen LogP contribution in [0.2, 0.25) is 0 Å². The number of fused-ring (bicyclic) bond motifs is 1. The van der Waals surface area contributed by atoms with E-state index in [1.807, 2.05) is 12.1 Å². The van der Waals surface area contributed by atoms with Gasteiger partial charge in [-0.1, -0.05) is 67.6 Å². The first kappa shape index (κ1) is 17.5. The summed E-state index contributed by atoms with van der Waals surface area (Å²) < 4.78 is 28.4. The molecule has 1 aliphatic carbocycles. The van der Waals surface area contributed by atoms with E-state index in [4.69, 9.17) is 0 Å². The second-order valence-corrected chi connectivity index (χ2v) is 9.67. The highest BCUT2D eigenvalue weighted by Crippen LogP contribution is 2.48. The van der Waals surface area contributed by atoms with Crippen molar-refractivity contribution in [3.05, 3.63) is 78.4 Å². The lowest BCUT2D eigenvalue weighted by Crippen LogP contribution is -2.38. The fourth-order valence-electron chi connectivity index (χ4n) is 4.64. The summed E-state index contributed by atoms with van der Waals surface area (Å²) in [5.74, 6) is 0.259. The van der Waals surface area contributed by atoms with Crippen LogP contribution in [0.4, 0.5) is 0 Å². The van der Waals surface area contributed by atoms with Crippen molar-refractivity contribution < 1.29 is 8.42 Å². The highest BCUT2D eigenvalue weighted by molar-refractivity contribution is 7.89. The van der Waals surface area contributed by atoms with Gasteiger partial charge in [-0.25, -0.2) is 8.42 Å². The van der Waals surface area contributed by atoms with Crippen LogP contribution in [-0.2, 0) is 16.4 Å². The van der Waals surface area contributed by atoms with Crippen molar-refractivity contribution in [1.82, 2.24) is 4.31 Å². The Hall–Kier alpha value is -1.91. The molecule has 136 valence electrons. The minimum Gasteiger partial charge on any atom is -0.207 e. The maximum atomic E-state index is 13.3. The molecule has 3 atom stereocenters. The minimum atomic E-state index is -3.47. The lowest BCUT2D eigenvalue weighted by molar-refractivity contribution is 0.268. The van der Waals surface area contributed by atoms with Crippen molar-refractivity contribution in [2.24, 2.45) is 11.3 Å². The van der Waals surface area contributed by atoms with Crippen molar-refractivity contribution in [1.29, 1.82) is 0 Å². The van der Waals surface area contributed by atoms with Crippen LogP contribution in [0.5, 0.6) is 0 Å². The predicted octanol–water partition coefficient (Wildman–Crippen LogP) is 4.27. The van der Waals surface area contributed by atoms with Crippen molar-refractivity contribution in [2.75, 3.05) is 6.54 Å². The van der Waals surface area contributed by atoms with Gasteiger partial charge in [0.2, 0.25) is 10.0 Å². The molecular formula is C22H25NO2S. The van der Waals surface area contributed by atoms with Gasteiger partial charge in [0.15, 0.2) is 0 Å². The Kier molecular flexibility index (Phi) is 4.49. The molecule has 0 N–H and O–H groups in total. The highest BCUT2D eigenvalue weighted by Gasteiger charge is 2.52. The van der Waals surface area contributed by atoms with Gasteiger partial charge in [-0.05, 0) is 42.4 Å². The van der Waals surface area contributed by atoms with Crippen molar-refractivity contribution in [3.63, 3.8) is 0 Å². The average Bonchev–Trinajstić information content (AvgIpc) is 2.97. The zero-order valence-corrected chi connectivity index (χ0v) is 15.9.